The molecule has 0 saturated carbocycles. The molecule has 0 spiro atoms. The summed E-state index contributed by atoms with van der Waals surface area (Å²) >= 11 is 0. The summed E-state index contributed by atoms with van der Waals surface area (Å²) in [4.78, 5) is 18.8. The molecule has 0 aliphatic rings. The average Bonchev–Trinajstić information content (AvgIpc) is 2.34. The minimum Gasteiger partial charge on any atom is -0.481 e. The van der Waals surface area contributed by atoms with Crippen molar-refractivity contribution in [3.63, 3.8) is 0 Å². The molecule has 0 atom stereocenters. The highest BCUT2D eigenvalue weighted by atomic mass is 16.4. The molecule has 17 heavy (non-hydrogen) atoms. The largest absolute Gasteiger partial charge is 0.481 e. The van der Waals surface area contributed by atoms with E-state index in [9.17, 15) is 4.79 Å². The third-order valence-electron chi connectivity index (χ3n) is 2.38. The molecular formula is C12H13N3O2. The van der Waals surface area contributed by atoms with Crippen LogP contribution in [0.25, 0.3) is 11.0 Å². The van der Waals surface area contributed by atoms with Crippen molar-refractivity contribution in [2.75, 3.05) is 11.9 Å². The Labute approximate surface area is 98.5 Å². The second-order valence-corrected chi connectivity index (χ2v) is 3.65. The molecule has 0 bridgehead atoms. The van der Waals surface area contributed by atoms with Crippen LogP contribution in [0.2, 0.25) is 0 Å². The fourth-order valence-corrected chi connectivity index (χ4v) is 1.58. The van der Waals surface area contributed by atoms with E-state index in [2.05, 4.69) is 15.3 Å². The second kappa shape index (κ2) is 5.25. The van der Waals surface area contributed by atoms with Crippen LogP contribution < -0.4 is 5.32 Å². The van der Waals surface area contributed by atoms with Crippen LogP contribution in [0.15, 0.2) is 30.6 Å². The Balaban J connectivity index is 2.05. The van der Waals surface area contributed by atoms with Gasteiger partial charge in [-0.25, -0.2) is 0 Å². The van der Waals surface area contributed by atoms with Crippen LogP contribution in [-0.2, 0) is 4.79 Å². The zero-order valence-electron chi connectivity index (χ0n) is 9.26. The van der Waals surface area contributed by atoms with Gasteiger partial charge in [0.2, 0.25) is 0 Å². The number of pyridine rings is 2. The fraction of sp³-hybridized carbons (Fsp3) is 0.250. The number of aromatic nitrogens is 2. The average molecular weight is 231 g/mol. The Kier molecular flexibility index (Phi) is 3.49. The van der Waals surface area contributed by atoms with Gasteiger partial charge in [0, 0.05) is 25.4 Å². The predicted molar refractivity (Wildman–Crippen MR) is 64.9 cm³/mol. The summed E-state index contributed by atoms with van der Waals surface area (Å²) in [5, 5.41) is 11.7. The van der Waals surface area contributed by atoms with Crippen molar-refractivity contribution in [3.05, 3.63) is 30.6 Å². The first-order valence-electron chi connectivity index (χ1n) is 5.43. The van der Waals surface area contributed by atoms with E-state index >= 15 is 0 Å². The van der Waals surface area contributed by atoms with E-state index in [1.807, 2.05) is 18.2 Å². The van der Waals surface area contributed by atoms with Crippen molar-refractivity contribution in [2.24, 2.45) is 0 Å². The molecule has 2 heterocycles. The van der Waals surface area contributed by atoms with Crippen molar-refractivity contribution >= 4 is 22.7 Å². The Hall–Kier alpha value is -2.17. The van der Waals surface area contributed by atoms with Gasteiger partial charge in [-0.05, 0) is 24.6 Å². The van der Waals surface area contributed by atoms with Crippen molar-refractivity contribution in [2.45, 2.75) is 12.8 Å². The summed E-state index contributed by atoms with van der Waals surface area (Å²) in [5.74, 6) is -0.774. The molecule has 0 radical (unpaired) electrons. The molecule has 2 aromatic heterocycles. The lowest BCUT2D eigenvalue weighted by atomic mass is 10.2. The normalized spacial score (nSPS) is 10.4. The highest BCUT2D eigenvalue weighted by Crippen LogP contribution is 2.18. The topological polar surface area (TPSA) is 75.1 Å². The summed E-state index contributed by atoms with van der Waals surface area (Å²) in [6, 6.07) is 5.57. The molecule has 5 nitrogen and oxygen atoms in total. The fourth-order valence-electron chi connectivity index (χ4n) is 1.58. The standard InChI is InChI=1S/C12H13N3O2/c16-11(17)4-2-6-13-10-5-8-14-9-3-1-7-15-12(9)10/h1,3,5,7-8H,2,4,6H2,(H,13,14)(H,16,17). The van der Waals surface area contributed by atoms with E-state index in [0.29, 0.717) is 13.0 Å². The van der Waals surface area contributed by atoms with Gasteiger partial charge in [-0.2, -0.15) is 0 Å². The monoisotopic (exact) mass is 231 g/mol. The van der Waals surface area contributed by atoms with E-state index < -0.39 is 5.97 Å². The zero-order chi connectivity index (χ0) is 12.1. The van der Waals surface area contributed by atoms with Gasteiger partial charge in [0.25, 0.3) is 0 Å². The SMILES string of the molecule is O=C(O)CCCNc1ccnc2cccnc12. The number of fused-ring (bicyclic) bond motifs is 1. The minimum absolute atomic E-state index is 0.170. The van der Waals surface area contributed by atoms with Crippen molar-refractivity contribution in [1.29, 1.82) is 0 Å². The highest BCUT2D eigenvalue weighted by molar-refractivity contribution is 5.86. The number of nitrogens with one attached hydrogen (secondary N) is 1. The maximum absolute atomic E-state index is 10.4. The maximum Gasteiger partial charge on any atom is 0.303 e. The summed E-state index contributed by atoms with van der Waals surface area (Å²) in [6.07, 6.45) is 4.19. The summed E-state index contributed by atoms with van der Waals surface area (Å²) in [7, 11) is 0. The van der Waals surface area contributed by atoms with Gasteiger partial charge < -0.3 is 10.4 Å². The van der Waals surface area contributed by atoms with Crippen LogP contribution in [0.3, 0.4) is 0 Å². The number of hydrogen-bond donors (Lipinski definition) is 2. The second-order valence-electron chi connectivity index (χ2n) is 3.65. The Morgan fingerprint density at radius 3 is 3.00 bits per heavy atom. The zero-order valence-corrected chi connectivity index (χ0v) is 9.26. The number of carboxylic acids is 1. The third-order valence-corrected chi connectivity index (χ3v) is 2.38. The van der Waals surface area contributed by atoms with Crippen LogP contribution in [0.1, 0.15) is 12.8 Å². The molecule has 5 heteroatoms. The quantitative estimate of drug-likeness (QED) is 0.769. The van der Waals surface area contributed by atoms with Gasteiger partial charge in [-0.1, -0.05) is 0 Å². The lowest BCUT2D eigenvalue weighted by molar-refractivity contribution is -0.137. The maximum atomic E-state index is 10.4. The molecule has 2 rings (SSSR count). The molecule has 0 amide bonds. The van der Waals surface area contributed by atoms with Crippen LogP contribution in [0.4, 0.5) is 5.69 Å². The van der Waals surface area contributed by atoms with Crippen LogP contribution in [-0.4, -0.2) is 27.6 Å². The summed E-state index contributed by atoms with van der Waals surface area (Å²) in [6.45, 7) is 0.613. The lowest BCUT2D eigenvalue weighted by Crippen LogP contribution is -2.05. The van der Waals surface area contributed by atoms with Gasteiger partial charge in [0.15, 0.2) is 0 Å². The van der Waals surface area contributed by atoms with Crippen LogP contribution >= 0.6 is 0 Å². The molecule has 0 fully saturated rings. The molecule has 2 aromatic rings. The molecule has 0 unspecified atom stereocenters. The smallest absolute Gasteiger partial charge is 0.303 e. The molecule has 0 aliphatic carbocycles. The molecule has 0 aliphatic heterocycles. The third kappa shape index (κ3) is 2.90. The van der Waals surface area contributed by atoms with E-state index in [4.69, 9.17) is 5.11 Å². The van der Waals surface area contributed by atoms with Crippen LogP contribution in [0, 0.1) is 0 Å². The number of rotatable bonds is 5. The number of aliphatic carboxylic acids is 1. The number of carboxylic acid groups (broad SMARTS) is 1. The van der Waals surface area contributed by atoms with Gasteiger partial charge in [0.05, 0.1) is 11.2 Å². The Bertz CT molecular complexity index is 523. The lowest BCUT2D eigenvalue weighted by Gasteiger charge is -2.07. The number of hydrogen-bond acceptors (Lipinski definition) is 4. The first kappa shape index (κ1) is 11.3. The Morgan fingerprint density at radius 2 is 2.18 bits per heavy atom. The van der Waals surface area contributed by atoms with E-state index in [1.165, 1.54) is 0 Å². The molecule has 2 N–H and O–H groups in total. The molecular weight excluding hydrogens is 218 g/mol. The summed E-state index contributed by atoms with van der Waals surface area (Å²) in [5.41, 5.74) is 2.53. The first-order valence-corrected chi connectivity index (χ1v) is 5.43. The number of carbonyl (C=O) groups is 1. The number of anilines is 1. The molecule has 0 saturated heterocycles. The van der Waals surface area contributed by atoms with Gasteiger partial charge in [-0.15, -0.1) is 0 Å². The van der Waals surface area contributed by atoms with E-state index in [0.717, 1.165) is 16.7 Å². The van der Waals surface area contributed by atoms with Crippen LogP contribution in [0.5, 0.6) is 0 Å². The summed E-state index contributed by atoms with van der Waals surface area (Å²) < 4.78 is 0. The first-order chi connectivity index (χ1) is 8.27. The van der Waals surface area contributed by atoms with Gasteiger partial charge >= 0.3 is 5.97 Å². The minimum atomic E-state index is -0.774. The highest BCUT2D eigenvalue weighted by Gasteiger charge is 2.02. The molecule has 88 valence electrons. The van der Waals surface area contributed by atoms with E-state index in [1.54, 1.807) is 12.4 Å². The van der Waals surface area contributed by atoms with Crippen molar-refractivity contribution in [1.82, 2.24) is 9.97 Å². The van der Waals surface area contributed by atoms with Gasteiger partial charge in [0.1, 0.15) is 5.52 Å². The molecule has 0 aromatic carbocycles. The Morgan fingerprint density at radius 1 is 1.29 bits per heavy atom. The van der Waals surface area contributed by atoms with Crippen molar-refractivity contribution < 1.29 is 9.90 Å². The van der Waals surface area contributed by atoms with E-state index in [-0.39, 0.29) is 6.42 Å². The predicted octanol–water partition coefficient (Wildman–Crippen LogP) is 1.91. The van der Waals surface area contributed by atoms with Crippen molar-refractivity contribution in [3.8, 4) is 0 Å². The number of nitrogens with zero attached hydrogens (tertiary/aromatic N) is 2. The van der Waals surface area contributed by atoms with Gasteiger partial charge in [-0.3, -0.25) is 14.8 Å².